The lowest BCUT2D eigenvalue weighted by Crippen LogP contribution is -2.36. The van der Waals surface area contributed by atoms with Crippen molar-refractivity contribution in [3.8, 4) is 0 Å². The van der Waals surface area contributed by atoms with Crippen molar-refractivity contribution in [2.45, 2.75) is 32.6 Å². The van der Waals surface area contributed by atoms with E-state index in [-0.39, 0.29) is 12.6 Å². The van der Waals surface area contributed by atoms with E-state index in [1.165, 1.54) is 30.6 Å². The number of carbonyl (C=O) groups is 2. The van der Waals surface area contributed by atoms with Crippen LogP contribution in [0, 0.1) is 5.92 Å². The van der Waals surface area contributed by atoms with Crippen LogP contribution < -0.4 is 10.2 Å². The smallest absolute Gasteiger partial charge is 0.321 e. The van der Waals surface area contributed by atoms with Crippen LogP contribution in [0.4, 0.5) is 16.2 Å². The molecule has 1 unspecified atom stereocenters. The first-order valence-electron chi connectivity index (χ1n) is 8.57. The Balaban J connectivity index is 1.98. The Morgan fingerprint density at radius 1 is 1.25 bits per heavy atom. The molecule has 2 amide bonds. The lowest BCUT2D eigenvalue weighted by Gasteiger charge is -2.24. The van der Waals surface area contributed by atoms with Gasteiger partial charge < -0.3 is 20.2 Å². The Morgan fingerprint density at radius 3 is 2.54 bits per heavy atom. The van der Waals surface area contributed by atoms with Gasteiger partial charge in [0.25, 0.3) is 0 Å². The summed E-state index contributed by atoms with van der Waals surface area (Å²) in [5.74, 6) is -1.50. The molecule has 0 radical (unpaired) electrons. The van der Waals surface area contributed by atoms with Crippen molar-refractivity contribution in [3.05, 3.63) is 24.3 Å². The summed E-state index contributed by atoms with van der Waals surface area (Å²) in [4.78, 5) is 26.9. The number of nitrogens with zero attached hydrogens (tertiary/aromatic N) is 2. The van der Waals surface area contributed by atoms with Crippen molar-refractivity contribution in [2.75, 3.05) is 36.9 Å². The first-order valence-corrected chi connectivity index (χ1v) is 8.57. The average Bonchev–Trinajstić information content (AvgIpc) is 2.84. The molecule has 2 N–H and O–H groups in total. The summed E-state index contributed by atoms with van der Waals surface area (Å²) >= 11 is 0. The normalized spacial score (nSPS) is 16.2. The number of nitrogens with one attached hydrogen (secondary N) is 1. The average molecular weight is 333 g/mol. The molecule has 1 aromatic rings. The van der Waals surface area contributed by atoms with Gasteiger partial charge in [0.15, 0.2) is 0 Å². The molecule has 0 bridgehead atoms. The third-order valence-corrected chi connectivity index (χ3v) is 4.38. The molecule has 6 heteroatoms. The van der Waals surface area contributed by atoms with Gasteiger partial charge in [-0.2, -0.15) is 0 Å². The first kappa shape index (κ1) is 18.1. The van der Waals surface area contributed by atoms with E-state index >= 15 is 0 Å². The highest BCUT2D eigenvalue weighted by Gasteiger charge is 2.18. The second-order valence-corrected chi connectivity index (χ2v) is 6.50. The number of carboxylic acid groups (broad SMARTS) is 1. The van der Waals surface area contributed by atoms with Crippen molar-refractivity contribution in [2.24, 2.45) is 5.92 Å². The molecule has 1 fully saturated rings. The SMILES string of the molecule is CC(CN(C)C(=O)Nc1cccc(N2CCCCCC2)c1)C(=O)O. The van der Waals surface area contributed by atoms with E-state index in [1.54, 1.807) is 14.0 Å². The Morgan fingerprint density at radius 2 is 1.92 bits per heavy atom. The van der Waals surface area contributed by atoms with Crippen LogP contribution in [0.3, 0.4) is 0 Å². The van der Waals surface area contributed by atoms with Crippen molar-refractivity contribution in [1.82, 2.24) is 4.90 Å². The molecule has 24 heavy (non-hydrogen) atoms. The van der Waals surface area contributed by atoms with E-state index in [4.69, 9.17) is 5.11 Å². The summed E-state index contributed by atoms with van der Waals surface area (Å²) < 4.78 is 0. The Labute approximate surface area is 143 Å². The highest BCUT2D eigenvalue weighted by Crippen LogP contribution is 2.23. The van der Waals surface area contributed by atoms with E-state index in [9.17, 15) is 9.59 Å². The van der Waals surface area contributed by atoms with Gasteiger partial charge in [-0.3, -0.25) is 4.79 Å². The summed E-state index contributed by atoms with van der Waals surface area (Å²) in [7, 11) is 1.60. The highest BCUT2D eigenvalue weighted by atomic mass is 16.4. The maximum atomic E-state index is 12.2. The van der Waals surface area contributed by atoms with Gasteiger partial charge in [-0.1, -0.05) is 25.8 Å². The molecule has 1 atom stereocenters. The van der Waals surface area contributed by atoms with E-state index in [0.29, 0.717) is 0 Å². The first-order chi connectivity index (χ1) is 11.5. The van der Waals surface area contributed by atoms with E-state index in [0.717, 1.165) is 24.5 Å². The molecular formula is C18H27N3O3. The lowest BCUT2D eigenvalue weighted by molar-refractivity contribution is -0.141. The van der Waals surface area contributed by atoms with Gasteiger partial charge in [0.1, 0.15) is 0 Å². The summed E-state index contributed by atoms with van der Waals surface area (Å²) in [6, 6.07) is 7.55. The third-order valence-electron chi connectivity index (χ3n) is 4.38. The second kappa shape index (κ2) is 8.57. The van der Waals surface area contributed by atoms with Crippen LogP contribution in [0.5, 0.6) is 0 Å². The van der Waals surface area contributed by atoms with Gasteiger partial charge in [0.2, 0.25) is 0 Å². The molecule has 132 valence electrons. The fourth-order valence-electron chi connectivity index (χ4n) is 2.90. The maximum absolute atomic E-state index is 12.2. The number of amides is 2. The number of rotatable bonds is 5. The molecule has 1 saturated heterocycles. The summed E-state index contributed by atoms with van der Waals surface area (Å²) in [5.41, 5.74) is 1.85. The molecule has 1 aliphatic heterocycles. The van der Waals surface area contributed by atoms with Crippen LogP contribution in [0.15, 0.2) is 24.3 Å². The zero-order valence-electron chi connectivity index (χ0n) is 14.5. The maximum Gasteiger partial charge on any atom is 0.321 e. The van der Waals surface area contributed by atoms with E-state index in [1.807, 2.05) is 18.2 Å². The van der Waals surface area contributed by atoms with Crippen molar-refractivity contribution < 1.29 is 14.7 Å². The topological polar surface area (TPSA) is 72.9 Å². The standard InChI is InChI=1S/C18H27N3O3/c1-14(17(22)23)13-20(2)18(24)19-15-8-7-9-16(12-15)21-10-5-3-4-6-11-21/h7-9,12,14H,3-6,10-11,13H2,1-2H3,(H,19,24)(H,22,23). The summed E-state index contributed by atoms with van der Waals surface area (Å²) in [5, 5.41) is 11.8. The largest absolute Gasteiger partial charge is 0.481 e. The van der Waals surface area contributed by atoms with Crippen LogP contribution in [-0.4, -0.2) is 48.7 Å². The number of urea groups is 1. The van der Waals surface area contributed by atoms with Crippen molar-refractivity contribution >= 4 is 23.4 Å². The van der Waals surface area contributed by atoms with Crippen molar-refractivity contribution in [1.29, 1.82) is 0 Å². The Kier molecular flexibility index (Phi) is 6.46. The van der Waals surface area contributed by atoms with Gasteiger partial charge >= 0.3 is 12.0 Å². The molecule has 1 aromatic carbocycles. The number of benzene rings is 1. The molecule has 0 saturated carbocycles. The number of carboxylic acids is 1. The molecule has 1 aliphatic rings. The van der Waals surface area contributed by atoms with Crippen LogP contribution in [0.25, 0.3) is 0 Å². The Hall–Kier alpha value is -2.24. The monoisotopic (exact) mass is 333 g/mol. The minimum Gasteiger partial charge on any atom is -0.481 e. The minimum atomic E-state index is -0.905. The Bertz CT molecular complexity index is 568. The zero-order valence-corrected chi connectivity index (χ0v) is 14.5. The number of hydrogen-bond donors (Lipinski definition) is 2. The quantitative estimate of drug-likeness (QED) is 0.867. The van der Waals surface area contributed by atoms with Gasteiger partial charge in [0.05, 0.1) is 5.92 Å². The molecule has 0 spiro atoms. The van der Waals surface area contributed by atoms with Gasteiger partial charge in [-0.15, -0.1) is 0 Å². The van der Waals surface area contributed by atoms with Crippen LogP contribution in [0.2, 0.25) is 0 Å². The number of anilines is 2. The molecule has 2 rings (SSSR count). The van der Waals surface area contributed by atoms with Gasteiger partial charge in [-0.25, -0.2) is 4.79 Å². The third kappa shape index (κ3) is 5.15. The lowest BCUT2D eigenvalue weighted by atomic mass is 10.2. The zero-order chi connectivity index (χ0) is 17.5. The fourth-order valence-corrected chi connectivity index (χ4v) is 2.90. The van der Waals surface area contributed by atoms with Crippen LogP contribution in [-0.2, 0) is 4.79 Å². The van der Waals surface area contributed by atoms with Gasteiger partial charge in [-0.05, 0) is 31.0 Å². The summed E-state index contributed by atoms with van der Waals surface area (Å²) in [6.07, 6.45) is 4.96. The second-order valence-electron chi connectivity index (χ2n) is 6.50. The van der Waals surface area contributed by atoms with Gasteiger partial charge in [0, 0.05) is 38.1 Å². The summed E-state index contributed by atoms with van der Waals surface area (Å²) in [6.45, 7) is 3.86. The predicted octanol–water partition coefficient (Wildman–Crippen LogP) is 3.25. The molecule has 6 nitrogen and oxygen atoms in total. The minimum absolute atomic E-state index is 0.174. The molecule has 0 aliphatic carbocycles. The molecule has 1 heterocycles. The number of carbonyl (C=O) groups excluding carboxylic acids is 1. The van der Waals surface area contributed by atoms with Crippen LogP contribution in [0.1, 0.15) is 32.6 Å². The fraction of sp³-hybridized carbons (Fsp3) is 0.556. The number of aliphatic carboxylic acids is 1. The molecular weight excluding hydrogens is 306 g/mol. The van der Waals surface area contributed by atoms with Crippen LogP contribution >= 0.6 is 0 Å². The number of hydrogen-bond acceptors (Lipinski definition) is 3. The van der Waals surface area contributed by atoms with E-state index < -0.39 is 11.9 Å². The highest BCUT2D eigenvalue weighted by molar-refractivity contribution is 5.90. The molecule has 0 aromatic heterocycles. The van der Waals surface area contributed by atoms with Crippen molar-refractivity contribution in [3.63, 3.8) is 0 Å². The van der Waals surface area contributed by atoms with E-state index in [2.05, 4.69) is 16.3 Å². The predicted molar refractivity (Wildman–Crippen MR) is 95.6 cm³/mol.